The van der Waals surface area contributed by atoms with Crippen LogP contribution in [0.25, 0.3) is 0 Å². The number of carbonyl (C=O) groups excluding carboxylic acids is 1. The van der Waals surface area contributed by atoms with Gasteiger partial charge in [-0.2, -0.15) is 5.10 Å². The molecule has 0 aliphatic carbocycles. The van der Waals surface area contributed by atoms with Crippen LogP contribution >= 0.6 is 0 Å². The molecule has 0 spiro atoms. The van der Waals surface area contributed by atoms with Crippen molar-refractivity contribution in [3.8, 4) is 0 Å². The van der Waals surface area contributed by atoms with Crippen molar-refractivity contribution in [2.24, 2.45) is 7.05 Å². The number of aliphatic hydroxyl groups excluding tert-OH is 1. The van der Waals surface area contributed by atoms with Gasteiger partial charge in [0.05, 0.1) is 18.9 Å². The Morgan fingerprint density at radius 3 is 3.04 bits per heavy atom. The lowest BCUT2D eigenvalue weighted by atomic mass is 10.0. The SMILES string of the molecule is Cn1cc(CC(=O)N2CCCCC[C@H]2C[C@@H](O)c2ccco2)cn1. The molecular weight excluding hydrogens is 306 g/mol. The maximum atomic E-state index is 12.8. The molecule has 1 aliphatic rings. The van der Waals surface area contributed by atoms with Crippen molar-refractivity contribution in [2.45, 2.75) is 50.7 Å². The zero-order valence-electron chi connectivity index (χ0n) is 14.1. The van der Waals surface area contributed by atoms with Crippen LogP contribution in [0.4, 0.5) is 0 Å². The number of carbonyl (C=O) groups is 1. The lowest BCUT2D eigenvalue weighted by Crippen LogP contribution is -2.41. The van der Waals surface area contributed by atoms with Gasteiger partial charge in [0.1, 0.15) is 11.9 Å². The Bertz CT molecular complexity index is 650. The fourth-order valence-corrected chi connectivity index (χ4v) is 3.44. The molecule has 3 heterocycles. The maximum Gasteiger partial charge on any atom is 0.227 e. The van der Waals surface area contributed by atoms with E-state index in [0.717, 1.165) is 37.8 Å². The molecule has 0 bridgehead atoms. The number of amides is 1. The van der Waals surface area contributed by atoms with Gasteiger partial charge in [-0.05, 0) is 30.5 Å². The average molecular weight is 331 g/mol. The van der Waals surface area contributed by atoms with Crippen LogP contribution in [0.3, 0.4) is 0 Å². The van der Waals surface area contributed by atoms with Crippen molar-refractivity contribution >= 4 is 5.91 Å². The number of likely N-dealkylation sites (tertiary alicyclic amines) is 1. The number of aliphatic hydroxyl groups is 1. The molecule has 0 radical (unpaired) electrons. The van der Waals surface area contributed by atoms with Crippen LogP contribution in [0, 0.1) is 0 Å². The summed E-state index contributed by atoms with van der Waals surface area (Å²) in [5, 5.41) is 14.5. The minimum absolute atomic E-state index is 0.0526. The third kappa shape index (κ3) is 4.06. The minimum atomic E-state index is -0.670. The van der Waals surface area contributed by atoms with Crippen molar-refractivity contribution in [3.63, 3.8) is 0 Å². The van der Waals surface area contributed by atoms with E-state index < -0.39 is 6.10 Å². The molecule has 2 aromatic heterocycles. The van der Waals surface area contributed by atoms with Crippen LogP contribution in [-0.4, -0.2) is 38.3 Å². The highest BCUT2D eigenvalue weighted by atomic mass is 16.4. The predicted octanol–water partition coefficient (Wildman–Crippen LogP) is 2.45. The van der Waals surface area contributed by atoms with E-state index in [1.54, 1.807) is 29.3 Å². The smallest absolute Gasteiger partial charge is 0.227 e. The van der Waals surface area contributed by atoms with Crippen molar-refractivity contribution in [3.05, 3.63) is 42.1 Å². The molecule has 0 saturated carbocycles. The maximum absolute atomic E-state index is 12.8. The van der Waals surface area contributed by atoms with Crippen LogP contribution in [0.2, 0.25) is 0 Å². The second-order valence-corrected chi connectivity index (χ2v) is 6.56. The van der Waals surface area contributed by atoms with Crippen molar-refractivity contribution in [1.29, 1.82) is 0 Å². The van der Waals surface area contributed by atoms with Gasteiger partial charge in [-0.15, -0.1) is 0 Å². The van der Waals surface area contributed by atoms with Gasteiger partial charge in [-0.1, -0.05) is 12.8 Å². The molecule has 3 rings (SSSR count). The van der Waals surface area contributed by atoms with E-state index >= 15 is 0 Å². The number of hydrogen-bond acceptors (Lipinski definition) is 4. The molecule has 6 nitrogen and oxygen atoms in total. The fourth-order valence-electron chi connectivity index (χ4n) is 3.44. The summed E-state index contributed by atoms with van der Waals surface area (Å²) in [4.78, 5) is 14.7. The summed E-state index contributed by atoms with van der Waals surface area (Å²) in [6.07, 6.45) is 9.56. The van der Waals surface area contributed by atoms with E-state index in [-0.39, 0.29) is 11.9 Å². The summed E-state index contributed by atoms with van der Waals surface area (Å²) in [7, 11) is 1.85. The van der Waals surface area contributed by atoms with Crippen molar-refractivity contribution in [2.75, 3.05) is 6.54 Å². The Hall–Kier alpha value is -2.08. The second-order valence-electron chi connectivity index (χ2n) is 6.56. The second kappa shape index (κ2) is 7.66. The van der Waals surface area contributed by atoms with Gasteiger partial charge in [0.25, 0.3) is 0 Å². The standard InChI is InChI=1S/C18H25N3O3/c1-20-13-14(12-19-20)10-18(23)21-8-4-2-3-6-15(21)11-16(22)17-7-5-9-24-17/h5,7,9,12-13,15-16,22H,2-4,6,8,10-11H2,1H3/t15-,16+/m0/s1. The zero-order valence-corrected chi connectivity index (χ0v) is 14.1. The number of rotatable bonds is 5. The molecule has 0 aromatic carbocycles. The number of hydrogen-bond donors (Lipinski definition) is 1. The Morgan fingerprint density at radius 2 is 2.33 bits per heavy atom. The largest absolute Gasteiger partial charge is 0.467 e. The lowest BCUT2D eigenvalue weighted by molar-refractivity contribution is -0.133. The first kappa shape index (κ1) is 16.8. The van der Waals surface area contributed by atoms with Gasteiger partial charge in [0, 0.05) is 32.3 Å². The summed E-state index contributed by atoms with van der Waals surface area (Å²) in [5.74, 6) is 0.681. The third-order valence-corrected chi connectivity index (χ3v) is 4.68. The molecule has 1 aliphatic heterocycles. The van der Waals surface area contributed by atoms with E-state index in [0.29, 0.717) is 18.6 Å². The molecule has 1 amide bonds. The highest BCUT2D eigenvalue weighted by Crippen LogP contribution is 2.27. The third-order valence-electron chi connectivity index (χ3n) is 4.68. The van der Waals surface area contributed by atoms with E-state index in [2.05, 4.69) is 5.10 Å². The first-order chi connectivity index (χ1) is 11.6. The van der Waals surface area contributed by atoms with Gasteiger partial charge in [0.2, 0.25) is 5.91 Å². The normalized spacial score (nSPS) is 19.9. The quantitative estimate of drug-likeness (QED) is 0.913. The Kier molecular flexibility index (Phi) is 5.35. The van der Waals surface area contributed by atoms with Gasteiger partial charge in [-0.3, -0.25) is 9.48 Å². The molecule has 2 aromatic rings. The Balaban J connectivity index is 1.68. The number of aryl methyl sites for hydroxylation is 1. The first-order valence-corrected chi connectivity index (χ1v) is 8.62. The fraction of sp³-hybridized carbons (Fsp3) is 0.556. The van der Waals surface area contributed by atoms with Crippen molar-refractivity contribution in [1.82, 2.24) is 14.7 Å². The molecule has 1 saturated heterocycles. The summed E-state index contributed by atoms with van der Waals surface area (Å²) >= 11 is 0. The average Bonchev–Trinajstić information content (AvgIpc) is 3.16. The minimum Gasteiger partial charge on any atom is -0.467 e. The van der Waals surface area contributed by atoms with Crippen LogP contribution < -0.4 is 0 Å². The van der Waals surface area contributed by atoms with Crippen LogP contribution in [-0.2, 0) is 18.3 Å². The highest BCUT2D eigenvalue weighted by molar-refractivity contribution is 5.79. The molecule has 1 fully saturated rings. The first-order valence-electron chi connectivity index (χ1n) is 8.62. The van der Waals surface area contributed by atoms with Crippen molar-refractivity contribution < 1.29 is 14.3 Å². The monoisotopic (exact) mass is 331 g/mol. The molecule has 1 N–H and O–H groups in total. The topological polar surface area (TPSA) is 71.5 Å². The Labute approximate surface area is 142 Å². The molecule has 24 heavy (non-hydrogen) atoms. The summed E-state index contributed by atoms with van der Waals surface area (Å²) in [5.41, 5.74) is 0.928. The van der Waals surface area contributed by atoms with Crippen LogP contribution in [0.15, 0.2) is 35.2 Å². The van der Waals surface area contributed by atoms with Gasteiger partial charge < -0.3 is 14.4 Å². The summed E-state index contributed by atoms with van der Waals surface area (Å²) < 4.78 is 7.01. The van der Waals surface area contributed by atoms with E-state index in [9.17, 15) is 9.90 Å². The van der Waals surface area contributed by atoms with Crippen LogP contribution in [0.5, 0.6) is 0 Å². The molecule has 0 unspecified atom stereocenters. The summed E-state index contributed by atoms with van der Waals surface area (Å²) in [6, 6.07) is 3.61. The lowest BCUT2D eigenvalue weighted by Gasteiger charge is -2.31. The molecule has 6 heteroatoms. The molecular formula is C18H25N3O3. The van der Waals surface area contributed by atoms with E-state index in [4.69, 9.17) is 4.42 Å². The number of nitrogens with zero attached hydrogens (tertiary/aromatic N) is 3. The zero-order chi connectivity index (χ0) is 16.9. The van der Waals surface area contributed by atoms with Gasteiger partial charge >= 0.3 is 0 Å². The van der Waals surface area contributed by atoms with E-state index in [1.807, 2.05) is 18.1 Å². The number of furan rings is 1. The Morgan fingerprint density at radius 1 is 1.46 bits per heavy atom. The predicted molar refractivity (Wildman–Crippen MR) is 89.2 cm³/mol. The number of aromatic nitrogens is 2. The summed E-state index contributed by atoms with van der Waals surface area (Å²) in [6.45, 7) is 0.759. The van der Waals surface area contributed by atoms with Crippen LogP contribution in [0.1, 0.15) is 49.5 Å². The molecule has 2 atom stereocenters. The van der Waals surface area contributed by atoms with E-state index in [1.165, 1.54) is 0 Å². The highest BCUT2D eigenvalue weighted by Gasteiger charge is 2.28. The van der Waals surface area contributed by atoms with Gasteiger partial charge in [0.15, 0.2) is 0 Å². The molecule has 130 valence electrons. The van der Waals surface area contributed by atoms with Gasteiger partial charge in [-0.25, -0.2) is 0 Å².